The van der Waals surface area contributed by atoms with Gasteiger partial charge in [0.15, 0.2) is 0 Å². The van der Waals surface area contributed by atoms with Gasteiger partial charge in [0.25, 0.3) is 0 Å². The number of hydrogen-bond acceptors (Lipinski definition) is 8. The maximum atomic E-state index is 12.2. The van der Waals surface area contributed by atoms with E-state index in [0.29, 0.717) is 51.4 Å². The van der Waals surface area contributed by atoms with Crippen molar-refractivity contribution in [1.82, 2.24) is 19.8 Å². The molecule has 9 nitrogen and oxygen atoms in total. The van der Waals surface area contributed by atoms with Gasteiger partial charge < -0.3 is 29.4 Å². The van der Waals surface area contributed by atoms with Crippen LogP contribution in [0.15, 0.2) is 49.1 Å². The Morgan fingerprint density at radius 3 is 2.70 bits per heavy atom. The van der Waals surface area contributed by atoms with Crippen molar-refractivity contribution in [3.8, 4) is 11.8 Å². The van der Waals surface area contributed by atoms with Gasteiger partial charge in [-0.3, -0.25) is 4.79 Å². The minimum absolute atomic E-state index is 0.0287. The van der Waals surface area contributed by atoms with E-state index in [2.05, 4.69) is 34.4 Å². The Bertz CT molecular complexity index is 1400. The highest BCUT2D eigenvalue weighted by Gasteiger charge is 2.29. The molecule has 210 valence electrons. The predicted octanol–water partition coefficient (Wildman–Crippen LogP) is 3.60. The van der Waals surface area contributed by atoms with Gasteiger partial charge in [0, 0.05) is 61.5 Å². The summed E-state index contributed by atoms with van der Waals surface area (Å²) in [5, 5.41) is 12.6. The smallest absolute Gasteiger partial charge is 0.318 e. The van der Waals surface area contributed by atoms with Gasteiger partial charge >= 0.3 is 6.01 Å². The molecule has 2 aromatic carbocycles. The maximum absolute atomic E-state index is 12.2. The SMILES string of the molecule is C=CC(=O)N1CCN(c2nc(OC[C@H]3CCCCN3C)nc3c2CCN(c2cc(O)cc4ccccc24)C3)CC1. The number of ether oxygens (including phenoxy) is 1. The number of phenolic OH excluding ortho intramolecular Hbond substituents is 1. The van der Waals surface area contributed by atoms with Crippen LogP contribution in [0, 0.1) is 0 Å². The van der Waals surface area contributed by atoms with E-state index in [-0.39, 0.29) is 11.7 Å². The predicted molar refractivity (Wildman–Crippen MR) is 157 cm³/mol. The number of aromatic hydroxyl groups is 1. The third-order valence-corrected chi connectivity index (χ3v) is 8.58. The number of amides is 1. The number of phenols is 1. The number of carbonyl (C=O) groups excluding carboxylic acids is 1. The van der Waals surface area contributed by atoms with Crippen LogP contribution in [-0.2, 0) is 17.8 Å². The third-order valence-electron chi connectivity index (χ3n) is 8.58. The van der Waals surface area contributed by atoms with Gasteiger partial charge in [-0.15, -0.1) is 0 Å². The zero-order valence-electron chi connectivity index (χ0n) is 23.3. The molecule has 0 saturated carbocycles. The Morgan fingerprint density at radius 1 is 1.07 bits per heavy atom. The molecule has 2 saturated heterocycles. The molecule has 1 amide bonds. The normalized spacial score (nSPS) is 19.9. The Morgan fingerprint density at radius 2 is 1.90 bits per heavy atom. The average molecular weight is 543 g/mol. The number of piperidine rings is 1. The van der Waals surface area contributed by atoms with Crippen molar-refractivity contribution in [1.29, 1.82) is 0 Å². The fourth-order valence-electron chi connectivity index (χ4n) is 6.25. The van der Waals surface area contributed by atoms with Gasteiger partial charge in [-0.05, 0) is 50.4 Å². The van der Waals surface area contributed by atoms with Gasteiger partial charge in [-0.25, -0.2) is 0 Å². The van der Waals surface area contributed by atoms with Gasteiger partial charge in [-0.2, -0.15) is 9.97 Å². The van der Waals surface area contributed by atoms with Crippen LogP contribution in [0.25, 0.3) is 10.8 Å². The average Bonchev–Trinajstić information content (AvgIpc) is 2.99. The molecule has 0 radical (unpaired) electrons. The number of piperazine rings is 1. The number of anilines is 2. The second-order valence-electron chi connectivity index (χ2n) is 11.1. The Labute approximate surface area is 235 Å². The monoisotopic (exact) mass is 542 g/mol. The lowest BCUT2D eigenvalue weighted by Crippen LogP contribution is -2.49. The van der Waals surface area contributed by atoms with E-state index in [9.17, 15) is 9.90 Å². The molecule has 4 heterocycles. The molecule has 0 unspecified atom stereocenters. The van der Waals surface area contributed by atoms with Gasteiger partial charge in [-0.1, -0.05) is 37.3 Å². The summed E-state index contributed by atoms with van der Waals surface area (Å²) in [7, 11) is 2.16. The van der Waals surface area contributed by atoms with E-state index in [4.69, 9.17) is 14.7 Å². The molecule has 40 heavy (non-hydrogen) atoms. The topological polar surface area (TPSA) is 85.3 Å². The van der Waals surface area contributed by atoms with Gasteiger partial charge in [0.2, 0.25) is 5.91 Å². The van der Waals surface area contributed by atoms with Gasteiger partial charge in [0.1, 0.15) is 18.2 Å². The van der Waals surface area contributed by atoms with E-state index >= 15 is 0 Å². The number of likely N-dealkylation sites (N-methyl/N-ethyl adjacent to an activating group) is 1. The summed E-state index contributed by atoms with van der Waals surface area (Å²) in [5.74, 6) is 1.15. The zero-order chi connectivity index (χ0) is 27.6. The van der Waals surface area contributed by atoms with Crippen LogP contribution in [0.2, 0.25) is 0 Å². The first-order valence-corrected chi connectivity index (χ1v) is 14.4. The largest absolute Gasteiger partial charge is 0.508 e. The fraction of sp³-hybridized carbons (Fsp3) is 0.452. The Hall–Kier alpha value is -3.85. The van der Waals surface area contributed by atoms with E-state index < -0.39 is 0 Å². The summed E-state index contributed by atoms with van der Waals surface area (Å²) in [6.45, 7) is 9.36. The molecule has 3 aliphatic heterocycles. The summed E-state index contributed by atoms with van der Waals surface area (Å²) in [6, 6.07) is 12.6. The number of likely N-dealkylation sites (tertiary alicyclic amines) is 1. The highest BCUT2D eigenvalue weighted by molar-refractivity contribution is 5.95. The Kier molecular flexibility index (Phi) is 7.47. The molecule has 3 aromatic rings. The van der Waals surface area contributed by atoms with Crippen molar-refractivity contribution in [3.05, 3.63) is 60.3 Å². The van der Waals surface area contributed by atoms with Crippen molar-refractivity contribution >= 4 is 28.2 Å². The van der Waals surface area contributed by atoms with Crippen LogP contribution in [-0.4, -0.2) is 89.7 Å². The van der Waals surface area contributed by atoms with Crippen molar-refractivity contribution in [2.24, 2.45) is 0 Å². The van der Waals surface area contributed by atoms with Crippen LogP contribution in [0.4, 0.5) is 11.5 Å². The highest BCUT2D eigenvalue weighted by atomic mass is 16.5. The lowest BCUT2D eigenvalue weighted by molar-refractivity contribution is -0.126. The first-order valence-electron chi connectivity index (χ1n) is 14.4. The summed E-state index contributed by atoms with van der Waals surface area (Å²) < 4.78 is 6.29. The first-order chi connectivity index (χ1) is 19.5. The van der Waals surface area contributed by atoms with Crippen LogP contribution >= 0.6 is 0 Å². The molecular weight excluding hydrogens is 504 g/mol. The molecule has 3 aliphatic rings. The molecule has 1 atom stereocenters. The minimum atomic E-state index is -0.0287. The van der Waals surface area contributed by atoms with E-state index in [0.717, 1.165) is 59.5 Å². The standard InChI is InChI=1S/C31H38N6O3/c1-3-29(39)35-14-16-36(17-15-35)30-26-11-13-37(28-19-24(38)18-22-8-4-5-10-25(22)28)20-27(26)32-31(33-30)40-21-23-9-6-7-12-34(23)2/h3-5,8,10,18-19,23,38H,1,6-7,9,11-17,20-21H2,2H3/t23-/m1/s1. The number of benzene rings is 2. The van der Waals surface area contributed by atoms with Crippen LogP contribution in [0.3, 0.4) is 0 Å². The quantitative estimate of drug-likeness (QED) is 0.473. The van der Waals surface area contributed by atoms with Crippen LogP contribution < -0.4 is 14.5 Å². The molecule has 6 rings (SSSR count). The van der Waals surface area contributed by atoms with E-state index in [1.165, 1.54) is 18.9 Å². The second kappa shape index (κ2) is 11.3. The fourth-order valence-corrected chi connectivity index (χ4v) is 6.25. The summed E-state index contributed by atoms with van der Waals surface area (Å²) >= 11 is 0. The molecule has 0 aliphatic carbocycles. The molecule has 2 fully saturated rings. The zero-order valence-corrected chi connectivity index (χ0v) is 23.3. The van der Waals surface area contributed by atoms with Crippen molar-refractivity contribution in [3.63, 3.8) is 0 Å². The second-order valence-corrected chi connectivity index (χ2v) is 11.1. The molecule has 1 aromatic heterocycles. The number of hydrogen-bond donors (Lipinski definition) is 1. The number of nitrogens with zero attached hydrogens (tertiary/aromatic N) is 6. The maximum Gasteiger partial charge on any atom is 0.318 e. The van der Waals surface area contributed by atoms with Gasteiger partial charge in [0.05, 0.1) is 12.2 Å². The number of fused-ring (bicyclic) bond motifs is 2. The van der Waals surface area contributed by atoms with Crippen molar-refractivity contribution < 1.29 is 14.6 Å². The van der Waals surface area contributed by atoms with Crippen molar-refractivity contribution in [2.75, 3.05) is 62.7 Å². The Balaban J connectivity index is 1.30. The highest BCUT2D eigenvalue weighted by Crippen LogP contribution is 2.36. The number of aromatic nitrogens is 2. The number of carbonyl (C=O) groups is 1. The van der Waals surface area contributed by atoms with Crippen molar-refractivity contribution in [2.45, 2.75) is 38.3 Å². The molecule has 9 heteroatoms. The summed E-state index contributed by atoms with van der Waals surface area (Å²) in [5.41, 5.74) is 3.11. The molecule has 0 spiro atoms. The first kappa shape index (κ1) is 26.4. The molecule has 1 N–H and O–H groups in total. The van der Waals surface area contributed by atoms with Crippen LogP contribution in [0.1, 0.15) is 30.5 Å². The molecular formula is C31H38N6O3. The third kappa shape index (κ3) is 5.30. The minimum Gasteiger partial charge on any atom is -0.508 e. The van der Waals surface area contributed by atoms with E-state index in [1.54, 1.807) is 0 Å². The summed E-state index contributed by atoms with van der Waals surface area (Å²) in [6.07, 6.45) is 5.73. The molecule has 0 bridgehead atoms. The van der Waals surface area contributed by atoms with E-state index in [1.807, 2.05) is 35.2 Å². The van der Waals surface area contributed by atoms with Crippen LogP contribution in [0.5, 0.6) is 11.8 Å². The summed E-state index contributed by atoms with van der Waals surface area (Å²) in [4.78, 5) is 30.8. The lowest BCUT2D eigenvalue weighted by Gasteiger charge is -2.38. The number of rotatable bonds is 6. The lowest BCUT2D eigenvalue weighted by atomic mass is 10.0.